The summed E-state index contributed by atoms with van der Waals surface area (Å²) in [6.45, 7) is 9.35. The van der Waals surface area contributed by atoms with Crippen LogP contribution in [0, 0.1) is 0 Å². The van der Waals surface area contributed by atoms with Crippen LogP contribution in [0.4, 0.5) is 4.79 Å². The third-order valence-corrected chi connectivity index (χ3v) is 6.92. The van der Waals surface area contributed by atoms with Crippen LogP contribution in [0.2, 0.25) is 0 Å². The summed E-state index contributed by atoms with van der Waals surface area (Å²) in [7, 11) is 1.21. The first-order valence-electron chi connectivity index (χ1n) is 14.4. The Kier molecular flexibility index (Phi) is 15.3. The zero-order valence-corrected chi connectivity index (χ0v) is 28.4. The van der Waals surface area contributed by atoms with E-state index in [-0.39, 0.29) is 25.5 Å². The maximum atomic E-state index is 12.2. The first kappa shape index (κ1) is 39.2. The van der Waals surface area contributed by atoms with Crippen LogP contribution in [0.15, 0.2) is 6.20 Å². The number of aromatic nitrogens is 3. The second-order valence-corrected chi connectivity index (χ2v) is 12.2. The highest BCUT2D eigenvalue weighted by Crippen LogP contribution is 2.30. The minimum atomic E-state index is -1.35. The monoisotopic (exact) mass is 690 g/mol. The minimum Gasteiger partial charge on any atom is -0.467 e. The van der Waals surface area contributed by atoms with E-state index in [1.54, 1.807) is 27.0 Å². The lowest BCUT2D eigenvalue weighted by molar-refractivity contribution is -0.308. The average molecular weight is 691 g/mol. The molecular formula is C28H42N4O14S. The zero-order chi connectivity index (χ0) is 35.3. The lowest BCUT2D eigenvalue weighted by atomic mass is 9.98. The van der Waals surface area contributed by atoms with Gasteiger partial charge >= 0.3 is 35.9 Å². The summed E-state index contributed by atoms with van der Waals surface area (Å²) in [6, 6.07) is -0.954. The predicted octanol–water partition coefficient (Wildman–Crippen LogP) is 0.677. The molecule has 0 aromatic carbocycles. The second-order valence-electron chi connectivity index (χ2n) is 11.1. The molecule has 0 aliphatic carbocycles. The van der Waals surface area contributed by atoms with E-state index in [1.807, 2.05) is 0 Å². The van der Waals surface area contributed by atoms with E-state index < -0.39 is 78.3 Å². The molecule has 0 radical (unpaired) electrons. The molecule has 19 heteroatoms. The van der Waals surface area contributed by atoms with Gasteiger partial charge in [-0.1, -0.05) is 5.21 Å². The minimum absolute atomic E-state index is 0.0616. The molecule has 1 aliphatic rings. The molecule has 1 aliphatic heterocycles. The number of methoxy groups -OCH3 is 1. The number of esters is 5. The Labute approximate surface area is 275 Å². The Bertz CT molecular complexity index is 1250. The van der Waals surface area contributed by atoms with Crippen molar-refractivity contribution in [2.24, 2.45) is 0 Å². The number of thioether (sulfide) groups is 1. The maximum Gasteiger partial charge on any atom is 0.408 e. The summed E-state index contributed by atoms with van der Waals surface area (Å²) >= 11 is 1.30. The average Bonchev–Trinajstić information content (AvgIpc) is 3.39. The smallest absolute Gasteiger partial charge is 0.408 e. The molecule has 6 atom stereocenters. The third-order valence-electron chi connectivity index (χ3n) is 5.85. The number of rotatable bonds is 15. The van der Waals surface area contributed by atoms with Crippen LogP contribution in [0.1, 0.15) is 54.2 Å². The van der Waals surface area contributed by atoms with E-state index in [2.05, 4.69) is 15.6 Å². The van der Waals surface area contributed by atoms with Gasteiger partial charge < -0.3 is 43.2 Å². The molecule has 1 aromatic heterocycles. The number of hydrogen-bond donors (Lipinski definition) is 1. The van der Waals surface area contributed by atoms with Crippen molar-refractivity contribution < 1.29 is 66.7 Å². The normalized spacial score (nSPS) is 21.5. The van der Waals surface area contributed by atoms with Crippen LogP contribution in [0.3, 0.4) is 0 Å². The maximum absolute atomic E-state index is 12.2. The summed E-state index contributed by atoms with van der Waals surface area (Å²) in [5.41, 5.74) is -0.185. The lowest BCUT2D eigenvalue weighted by Crippen LogP contribution is -2.63. The van der Waals surface area contributed by atoms with Gasteiger partial charge in [0.2, 0.25) is 0 Å². The highest BCUT2D eigenvalue weighted by atomic mass is 32.2. The lowest BCUT2D eigenvalue weighted by Gasteiger charge is -2.44. The number of nitrogens with zero attached hydrogens (tertiary/aromatic N) is 3. The van der Waals surface area contributed by atoms with Crippen molar-refractivity contribution >= 4 is 47.7 Å². The van der Waals surface area contributed by atoms with Gasteiger partial charge in [-0.3, -0.25) is 19.2 Å². The van der Waals surface area contributed by atoms with E-state index in [1.165, 1.54) is 30.5 Å². The first-order chi connectivity index (χ1) is 22.0. The van der Waals surface area contributed by atoms with Crippen LogP contribution in [-0.2, 0) is 74.2 Å². The Morgan fingerprint density at radius 3 is 2.15 bits per heavy atom. The SMILES string of the molecule is COC(=O)[C@H](CSCc1cn(CCO[C@H]2O[C@H](COC(C)=O)[C@@H](OC(C)=O)[C@H](OC(C)=O)[C@@H]2OC(C)=O)nn1)NC(=O)OC(C)(C)C. The van der Waals surface area contributed by atoms with Gasteiger partial charge in [0.25, 0.3) is 0 Å². The van der Waals surface area contributed by atoms with Crippen molar-refractivity contribution in [3.8, 4) is 0 Å². The van der Waals surface area contributed by atoms with Gasteiger partial charge in [-0.15, -0.1) is 5.10 Å². The van der Waals surface area contributed by atoms with Crippen molar-refractivity contribution in [2.45, 2.75) is 103 Å². The van der Waals surface area contributed by atoms with Gasteiger partial charge in [0.1, 0.15) is 24.4 Å². The van der Waals surface area contributed by atoms with Gasteiger partial charge in [0.15, 0.2) is 24.6 Å². The Hall–Kier alpha value is -3.97. The first-order valence-corrected chi connectivity index (χ1v) is 15.6. The number of carbonyl (C=O) groups excluding carboxylic acids is 6. The van der Waals surface area contributed by atoms with Crippen LogP contribution in [0.25, 0.3) is 0 Å². The summed E-state index contributed by atoms with van der Waals surface area (Å²) in [5, 5.41) is 10.6. The number of carbonyl (C=O) groups is 6. The van der Waals surface area contributed by atoms with Crippen molar-refractivity contribution in [2.75, 3.05) is 26.1 Å². The van der Waals surface area contributed by atoms with Crippen LogP contribution in [-0.4, -0.2) is 119 Å². The van der Waals surface area contributed by atoms with Crippen LogP contribution < -0.4 is 5.32 Å². The van der Waals surface area contributed by atoms with Crippen molar-refractivity contribution in [3.63, 3.8) is 0 Å². The van der Waals surface area contributed by atoms with Gasteiger partial charge in [-0.25, -0.2) is 14.3 Å². The standard InChI is InChI=1S/C28H42N4O14S/c1-15(33)41-12-21-22(42-16(2)34)23(43-17(3)35)24(44-18(4)36)26(45-21)40-10-9-32-11-19(30-31-32)13-47-14-20(25(37)39-8)29-27(38)46-28(5,6)7/h11,20-24,26H,9-10,12-14H2,1-8H3,(H,29,38)/t20-,21+,22+,23-,24-,26-/m0/s1. The second kappa shape index (κ2) is 18.4. The fraction of sp³-hybridized carbons (Fsp3) is 0.714. The molecule has 0 saturated carbocycles. The van der Waals surface area contributed by atoms with Crippen molar-refractivity contribution in [1.29, 1.82) is 0 Å². The Morgan fingerprint density at radius 1 is 0.957 bits per heavy atom. The van der Waals surface area contributed by atoms with Gasteiger partial charge in [-0.05, 0) is 20.8 Å². The topological polar surface area (TPSA) is 219 Å². The van der Waals surface area contributed by atoms with Gasteiger partial charge in [0.05, 0.1) is 26.0 Å². The molecule has 47 heavy (non-hydrogen) atoms. The summed E-state index contributed by atoms with van der Waals surface area (Å²) < 4.78 is 44.4. The summed E-state index contributed by atoms with van der Waals surface area (Å²) in [6.07, 6.45) is -5.59. The molecule has 0 spiro atoms. The third kappa shape index (κ3) is 14.1. The fourth-order valence-corrected chi connectivity index (χ4v) is 5.06. The molecule has 1 N–H and O–H groups in total. The van der Waals surface area contributed by atoms with Crippen molar-refractivity contribution in [3.05, 3.63) is 11.9 Å². The molecule has 0 bridgehead atoms. The van der Waals surface area contributed by atoms with E-state index >= 15 is 0 Å². The molecule has 0 unspecified atom stereocenters. The molecule has 1 saturated heterocycles. The predicted molar refractivity (Wildman–Crippen MR) is 159 cm³/mol. The molecule has 1 amide bonds. The quantitative estimate of drug-likeness (QED) is 0.197. The van der Waals surface area contributed by atoms with Gasteiger partial charge in [0, 0.05) is 45.4 Å². The number of amides is 1. The van der Waals surface area contributed by atoms with E-state index in [0.29, 0.717) is 11.4 Å². The fourth-order valence-electron chi connectivity index (χ4n) is 4.14. The summed E-state index contributed by atoms with van der Waals surface area (Å²) in [4.78, 5) is 71.6. The Balaban J connectivity index is 2.07. The molecule has 264 valence electrons. The molecule has 2 rings (SSSR count). The highest BCUT2D eigenvalue weighted by Gasteiger charge is 2.52. The number of hydrogen-bond acceptors (Lipinski definition) is 17. The summed E-state index contributed by atoms with van der Waals surface area (Å²) in [5.74, 6) is -3.02. The highest BCUT2D eigenvalue weighted by molar-refractivity contribution is 7.98. The van der Waals surface area contributed by atoms with E-state index in [0.717, 1.165) is 20.8 Å². The Morgan fingerprint density at radius 2 is 1.57 bits per heavy atom. The van der Waals surface area contributed by atoms with Gasteiger partial charge in [-0.2, -0.15) is 11.8 Å². The zero-order valence-electron chi connectivity index (χ0n) is 27.5. The van der Waals surface area contributed by atoms with Crippen molar-refractivity contribution in [1.82, 2.24) is 20.3 Å². The molecule has 2 heterocycles. The molecule has 1 aromatic rings. The number of ether oxygens (including phenoxy) is 8. The molecule has 18 nitrogen and oxygen atoms in total. The molecule has 1 fully saturated rings. The van der Waals surface area contributed by atoms with Crippen LogP contribution in [0.5, 0.6) is 0 Å². The van der Waals surface area contributed by atoms with Crippen LogP contribution >= 0.6 is 11.8 Å². The van der Waals surface area contributed by atoms with E-state index in [4.69, 9.17) is 37.9 Å². The van der Waals surface area contributed by atoms with E-state index in [9.17, 15) is 28.8 Å². The number of nitrogens with one attached hydrogen (secondary N) is 1. The molecular weight excluding hydrogens is 648 g/mol. The largest absolute Gasteiger partial charge is 0.467 e. The number of alkyl carbamates (subject to hydrolysis) is 1.